The summed E-state index contributed by atoms with van der Waals surface area (Å²) in [4.78, 5) is 86.9. The molecule has 19 nitrogen and oxygen atoms in total. The number of nitrogens with zero attached hydrogens (tertiary/aromatic N) is 9. The van der Waals surface area contributed by atoms with E-state index in [4.69, 9.17) is 114 Å². The number of piperazine rings is 2. The molecule has 16 rings (SSSR count). The number of carbonyl (C=O) groups excluding carboxylic acids is 3. The number of fused-ring (bicyclic) bond motifs is 6. The molecule has 2 saturated heterocycles. The predicted octanol–water partition coefficient (Wildman–Crippen LogP) is 25.5. The van der Waals surface area contributed by atoms with Crippen LogP contribution in [0.25, 0.3) is 22.5 Å². The smallest absolute Gasteiger partial charge is 0.303 e. The number of carbonyl (C=O) groups is 4. The van der Waals surface area contributed by atoms with Gasteiger partial charge in [-0.1, -0.05) is 171 Å². The van der Waals surface area contributed by atoms with E-state index in [0.717, 1.165) is 87.0 Å². The molecule has 2 fully saturated rings. The molecule has 4 atom stereocenters. The highest BCUT2D eigenvalue weighted by atomic mass is 35.5. The summed E-state index contributed by atoms with van der Waals surface area (Å²) in [6.45, 7) is 12.6. The number of ketones is 2. The molecule has 700 valence electrons. The molecule has 1 amide bonds. The summed E-state index contributed by atoms with van der Waals surface area (Å²) < 4.78 is 52.8. The van der Waals surface area contributed by atoms with Crippen molar-refractivity contribution >= 4 is 116 Å². The zero-order valence-electron chi connectivity index (χ0n) is 76.7. The third-order valence-electron chi connectivity index (χ3n) is 24.5. The number of Topliss-reactive ketones (excluding diaryl/α,β-unsaturated/α-hetero) is 2. The fourth-order valence-corrected chi connectivity index (χ4v) is 19.0. The molecule has 0 bridgehead atoms. The Morgan fingerprint density at radius 1 is 0.437 bits per heavy atom. The van der Waals surface area contributed by atoms with E-state index in [1.165, 1.54) is 44.7 Å². The van der Waals surface area contributed by atoms with Gasteiger partial charge in [0.05, 0.1) is 98.7 Å². The Labute approximate surface area is 817 Å². The van der Waals surface area contributed by atoms with Crippen LogP contribution in [0, 0.1) is 23.5 Å². The molecule has 135 heavy (non-hydrogen) atoms. The maximum atomic E-state index is 15.4. The molecule has 27 heteroatoms. The standard InChI is InChI=1S/C54H53Cl3FN5O4.C34H31ClFN3O5.C20H24Cl2N2/c1-33(2)25-41-31-62(32-46(35-14-16-37(55)17-15-35)63(41)40-21-18-38(56)19-22-40)51(65)12-7-5-6-10-47(64)43-23-13-34(26-49(43)67-4)27-50-59-29-36-30-60-54(52-45(58)9-8-11-48(52)66-3)44-28-39(57)20-24-42(44)53(36)61-50;1-43-28-9-6-7-26(36)32(28)34-25-17-22(35)12-14-23(25)33-21(19-38-34)18-37-30(39-33)16-20-11-13-24(29(15-20)44-2)27(40)8-4-3-5-10-31(41)42;1-14(2)11-19-12-23-13-20(15-3-5-16(21)6-4-15)24(19)18-9-7-17(22)8-10-18/h8-9,11,13-24,26,28-29,33,41,46H,5-7,10,12,25,27,30-32H2,1-4H3;6-7,9,11-15,17-18H,3-5,8,10,16,19H2,1-2H3,(H,41,42);3-10,14,19-20,23H,11-13H2,1-2H3/t41-,46-;;19-,20-/m0.0/s1. The number of hydrogen-bond donors (Lipinski definition) is 2. The Morgan fingerprint density at radius 3 is 1.28 bits per heavy atom. The van der Waals surface area contributed by atoms with Gasteiger partial charge >= 0.3 is 5.97 Å². The van der Waals surface area contributed by atoms with Crippen LogP contribution in [0.2, 0.25) is 30.1 Å². The largest absolute Gasteiger partial charge is 0.496 e. The summed E-state index contributed by atoms with van der Waals surface area (Å²) in [7, 11) is 6.07. The second-order valence-electron chi connectivity index (χ2n) is 34.9. The second kappa shape index (κ2) is 46.7. The number of halogens is 8. The minimum atomic E-state index is -0.832. The summed E-state index contributed by atoms with van der Waals surface area (Å²) in [6.07, 6.45) is 11.4. The third-order valence-corrected chi connectivity index (χ3v) is 26.0. The van der Waals surface area contributed by atoms with Crippen LogP contribution in [0.15, 0.2) is 229 Å². The van der Waals surface area contributed by atoms with Crippen molar-refractivity contribution in [3.05, 3.63) is 339 Å². The highest BCUT2D eigenvalue weighted by molar-refractivity contribution is 6.33. The minimum absolute atomic E-state index is 0.0192. The highest BCUT2D eigenvalue weighted by Crippen LogP contribution is 2.43. The highest BCUT2D eigenvalue weighted by Gasteiger charge is 2.39. The van der Waals surface area contributed by atoms with Crippen molar-refractivity contribution in [1.82, 2.24) is 30.2 Å². The number of aliphatic imine (C=N–C) groups is 2. The van der Waals surface area contributed by atoms with Crippen molar-refractivity contribution in [3.63, 3.8) is 0 Å². The number of carboxylic acid groups (broad SMARTS) is 1. The maximum absolute atomic E-state index is 15.4. The first-order chi connectivity index (χ1) is 65.2. The van der Waals surface area contributed by atoms with Crippen molar-refractivity contribution in [3.8, 4) is 45.5 Å². The molecule has 0 saturated carbocycles. The molecule has 0 spiro atoms. The number of unbranched alkanes of at least 4 members (excludes halogenated alkanes) is 4. The van der Waals surface area contributed by atoms with Crippen molar-refractivity contribution < 1.29 is 52.0 Å². The minimum Gasteiger partial charge on any atom is -0.496 e. The maximum Gasteiger partial charge on any atom is 0.303 e. The van der Waals surface area contributed by atoms with Crippen molar-refractivity contribution in [2.45, 2.75) is 155 Å². The van der Waals surface area contributed by atoms with Crippen LogP contribution in [0.1, 0.15) is 205 Å². The van der Waals surface area contributed by atoms with Gasteiger partial charge in [-0.2, -0.15) is 0 Å². The summed E-state index contributed by atoms with van der Waals surface area (Å²) in [6, 6.07) is 64.2. The number of hydrogen-bond acceptors (Lipinski definition) is 17. The van der Waals surface area contributed by atoms with Gasteiger partial charge in [0.1, 0.15) is 46.3 Å². The summed E-state index contributed by atoms with van der Waals surface area (Å²) in [5.41, 5.74) is 14.4. The number of methoxy groups -OCH3 is 4. The topological polar surface area (TPSA) is 223 Å². The third kappa shape index (κ3) is 25.0. The van der Waals surface area contributed by atoms with Crippen LogP contribution >= 0.6 is 69.6 Å². The Bertz CT molecular complexity index is 6290. The number of aliphatic carboxylic acids is 1. The van der Waals surface area contributed by atoms with Crippen molar-refractivity contribution in [2.75, 3.05) is 64.4 Å². The van der Waals surface area contributed by atoms with Crippen LogP contribution in [0.5, 0.6) is 23.0 Å². The molecule has 0 radical (unpaired) electrons. The van der Waals surface area contributed by atoms with Gasteiger partial charge in [-0.05, 0) is 218 Å². The van der Waals surface area contributed by atoms with E-state index in [0.29, 0.717) is 201 Å². The number of rotatable bonds is 32. The van der Waals surface area contributed by atoms with E-state index >= 15 is 8.78 Å². The van der Waals surface area contributed by atoms with Gasteiger partial charge in [0.25, 0.3) is 0 Å². The quantitative estimate of drug-likeness (QED) is 0.0295. The molecular weight excluding hydrogens is 1830 g/mol. The van der Waals surface area contributed by atoms with Crippen LogP contribution in [-0.4, -0.2) is 132 Å². The second-order valence-corrected chi connectivity index (χ2v) is 37.5. The lowest BCUT2D eigenvalue weighted by Crippen LogP contribution is -2.56. The van der Waals surface area contributed by atoms with E-state index in [-0.39, 0.29) is 60.2 Å². The molecule has 4 aliphatic heterocycles. The van der Waals surface area contributed by atoms with Gasteiger partial charge in [-0.25, -0.2) is 28.7 Å². The first-order valence-corrected chi connectivity index (χ1v) is 47.7. The van der Waals surface area contributed by atoms with E-state index in [2.05, 4.69) is 101 Å². The monoisotopic (exact) mass is 1940 g/mol. The first kappa shape index (κ1) is 99.3. The van der Waals surface area contributed by atoms with E-state index in [1.807, 2.05) is 89.8 Å². The van der Waals surface area contributed by atoms with Gasteiger partial charge in [-0.15, -0.1) is 0 Å². The van der Waals surface area contributed by atoms with Crippen LogP contribution in [0.3, 0.4) is 0 Å². The van der Waals surface area contributed by atoms with Crippen molar-refractivity contribution in [1.29, 1.82) is 0 Å². The zero-order chi connectivity index (χ0) is 95.5. The SMILES string of the molecule is CC(C)C[C@H]1CNC[C@@H](c2ccc(Cl)cc2)N1c1ccc(Cl)cc1.COc1cc(Cc2ncc3c(n2)-c2ccc(Cl)cc2C(c2c(F)cccc2OC)=NC3)ccc1C(=O)CCCCCC(=O)N1C[C@H](CC(C)C)N(c2ccc(Cl)cc2)[C@H](c2ccc(Cl)cc2)C1.COc1cc(Cc2ncc3c(n2)-c2ccc(Cl)cc2C(c2c(F)cccc2OC)=NC3)ccc1C(=O)CCCCCC(=O)O. The molecule has 0 unspecified atom stereocenters. The normalized spacial score (nSPS) is 15.5. The Balaban J connectivity index is 0.000000183. The lowest BCUT2D eigenvalue weighted by Gasteiger charge is -2.49. The number of carboxylic acids is 1. The number of benzene rings is 10. The zero-order valence-corrected chi connectivity index (χ0v) is 81.2. The van der Waals surface area contributed by atoms with Crippen LogP contribution in [-0.2, 0) is 35.5 Å². The van der Waals surface area contributed by atoms with E-state index < -0.39 is 17.6 Å². The number of amides is 1. The molecule has 0 aliphatic carbocycles. The summed E-state index contributed by atoms with van der Waals surface area (Å²) in [5.74, 6) is 2.16. The summed E-state index contributed by atoms with van der Waals surface area (Å²) >= 11 is 37.7. The van der Waals surface area contributed by atoms with Gasteiger partial charge in [-0.3, -0.25) is 29.2 Å². The lowest BCUT2D eigenvalue weighted by atomic mass is 9.92. The number of ether oxygens (including phenoxy) is 4. The molecule has 12 aromatic rings. The molecule has 2 N–H and O–H groups in total. The molecule has 4 aliphatic rings. The predicted molar refractivity (Wildman–Crippen MR) is 536 cm³/mol. The molecule has 10 aromatic carbocycles. The number of aromatic nitrogens is 4. The first-order valence-electron chi connectivity index (χ1n) is 45.5. The molecule has 2 aromatic heterocycles. The van der Waals surface area contributed by atoms with Gasteiger partial charge in [0.15, 0.2) is 11.6 Å². The van der Waals surface area contributed by atoms with Gasteiger partial charge < -0.3 is 44.1 Å². The van der Waals surface area contributed by atoms with Crippen LogP contribution < -0.4 is 34.1 Å². The fourth-order valence-electron chi connectivity index (χ4n) is 18.2. The number of anilines is 2. The fraction of sp³-hybridized carbons (Fsp3) is 0.315. The Morgan fingerprint density at radius 2 is 0.844 bits per heavy atom. The number of nitrogens with one attached hydrogen (secondary N) is 1. The Kier molecular flexibility index (Phi) is 34.4. The van der Waals surface area contributed by atoms with Crippen LogP contribution in [0.4, 0.5) is 20.2 Å². The average molecular weight is 1940 g/mol. The van der Waals surface area contributed by atoms with E-state index in [9.17, 15) is 19.2 Å². The molecular formula is C108H108Cl6F2N10O9. The van der Waals surface area contributed by atoms with Gasteiger partial charge in [0.2, 0.25) is 5.91 Å². The van der Waals surface area contributed by atoms with E-state index in [1.54, 1.807) is 80.2 Å². The average Bonchev–Trinajstić information content (AvgIpc) is 1.68. The van der Waals surface area contributed by atoms with Gasteiger partial charge in [0, 0.05) is 164 Å². The lowest BCUT2D eigenvalue weighted by molar-refractivity contribution is -0.137. The Hall–Kier alpha value is -11.7. The van der Waals surface area contributed by atoms with Crippen molar-refractivity contribution in [2.24, 2.45) is 21.8 Å². The molecule has 6 heterocycles. The summed E-state index contributed by atoms with van der Waals surface area (Å²) in [5, 5.41) is 16.3.